The van der Waals surface area contributed by atoms with Crippen LogP contribution in [-0.4, -0.2) is 110 Å². The van der Waals surface area contributed by atoms with Gasteiger partial charge in [-0.15, -0.1) is 0 Å². The Morgan fingerprint density at radius 2 is 1.64 bits per heavy atom. The predicted molar refractivity (Wildman–Crippen MR) is 109 cm³/mol. The lowest BCUT2D eigenvalue weighted by Crippen LogP contribution is -2.54. The number of piperidine rings is 2. The van der Waals surface area contributed by atoms with Crippen LogP contribution in [0.2, 0.25) is 0 Å². The van der Waals surface area contributed by atoms with Gasteiger partial charge in [-0.05, 0) is 46.2 Å². The van der Waals surface area contributed by atoms with Crippen molar-refractivity contribution in [2.75, 3.05) is 72.6 Å². The molecule has 0 unspecified atom stereocenters. The fourth-order valence-electron chi connectivity index (χ4n) is 4.77. The minimum atomic E-state index is 0.156. The Bertz CT molecular complexity index is 514. The van der Waals surface area contributed by atoms with Crippen LogP contribution in [0.3, 0.4) is 0 Å². The van der Waals surface area contributed by atoms with E-state index in [0.29, 0.717) is 31.6 Å². The molecule has 2 amide bonds. The molecule has 0 aromatic rings. The van der Waals surface area contributed by atoms with E-state index in [2.05, 4.69) is 21.7 Å². The van der Waals surface area contributed by atoms with Gasteiger partial charge in [-0.1, -0.05) is 0 Å². The van der Waals surface area contributed by atoms with E-state index in [1.807, 2.05) is 11.8 Å². The van der Waals surface area contributed by atoms with E-state index in [4.69, 9.17) is 4.74 Å². The minimum Gasteiger partial charge on any atom is -0.381 e. The van der Waals surface area contributed by atoms with Gasteiger partial charge in [-0.2, -0.15) is 0 Å². The number of amides is 2. The first kappa shape index (κ1) is 21.5. The van der Waals surface area contributed by atoms with E-state index < -0.39 is 0 Å². The normalized spacial score (nSPS) is 25.9. The number of piperazine rings is 1. The average molecular weight is 395 g/mol. The van der Waals surface area contributed by atoms with Crippen molar-refractivity contribution in [3.8, 4) is 0 Å². The SMILES string of the molecule is CCOCCC(=O)N1CCC(N2CCC[C@@H](C(=O)N3CCN(C)CC3)C2)CC1. The molecule has 3 fully saturated rings. The van der Waals surface area contributed by atoms with Crippen LogP contribution in [0.5, 0.6) is 0 Å². The van der Waals surface area contributed by atoms with Gasteiger partial charge >= 0.3 is 0 Å². The van der Waals surface area contributed by atoms with Crippen LogP contribution in [0.25, 0.3) is 0 Å². The molecular formula is C21H38N4O3. The van der Waals surface area contributed by atoms with Crippen LogP contribution in [0, 0.1) is 5.92 Å². The van der Waals surface area contributed by atoms with Crippen molar-refractivity contribution >= 4 is 11.8 Å². The summed E-state index contributed by atoms with van der Waals surface area (Å²) in [6.45, 7) is 10.5. The van der Waals surface area contributed by atoms with Crippen molar-refractivity contribution in [1.82, 2.24) is 19.6 Å². The first-order valence-electron chi connectivity index (χ1n) is 11.2. The number of ether oxygens (including phenoxy) is 1. The van der Waals surface area contributed by atoms with Gasteiger partial charge < -0.3 is 19.4 Å². The molecule has 0 spiro atoms. The van der Waals surface area contributed by atoms with E-state index in [0.717, 1.165) is 78.0 Å². The molecule has 3 saturated heterocycles. The Morgan fingerprint density at radius 3 is 2.32 bits per heavy atom. The molecule has 3 aliphatic rings. The Hall–Kier alpha value is -1.18. The summed E-state index contributed by atoms with van der Waals surface area (Å²) in [5, 5.41) is 0. The van der Waals surface area contributed by atoms with Crippen LogP contribution >= 0.6 is 0 Å². The van der Waals surface area contributed by atoms with E-state index in [9.17, 15) is 9.59 Å². The maximum atomic E-state index is 13.0. The van der Waals surface area contributed by atoms with Gasteiger partial charge in [0.1, 0.15) is 0 Å². The minimum absolute atomic E-state index is 0.156. The topological polar surface area (TPSA) is 56.3 Å². The lowest BCUT2D eigenvalue weighted by molar-refractivity contribution is -0.139. The quantitative estimate of drug-likeness (QED) is 0.627. The summed E-state index contributed by atoms with van der Waals surface area (Å²) >= 11 is 0. The molecule has 3 heterocycles. The molecule has 0 bridgehead atoms. The zero-order chi connectivity index (χ0) is 19.9. The molecule has 1 atom stereocenters. The molecule has 7 heteroatoms. The zero-order valence-electron chi connectivity index (χ0n) is 17.8. The fraction of sp³-hybridized carbons (Fsp3) is 0.905. The van der Waals surface area contributed by atoms with Crippen molar-refractivity contribution in [2.24, 2.45) is 5.92 Å². The summed E-state index contributed by atoms with van der Waals surface area (Å²) in [5.74, 6) is 0.734. The first-order valence-corrected chi connectivity index (χ1v) is 11.2. The summed E-state index contributed by atoms with van der Waals surface area (Å²) in [7, 11) is 2.12. The van der Waals surface area contributed by atoms with Gasteiger partial charge in [-0.25, -0.2) is 0 Å². The van der Waals surface area contributed by atoms with Crippen molar-refractivity contribution in [3.05, 3.63) is 0 Å². The molecule has 0 radical (unpaired) electrons. The van der Waals surface area contributed by atoms with Crippen molar-refractivity contribution in [3.63, 3.8) is 0 Å². The molecule has 3 aliphatic heterocycles. The van der Waals surface area contributed by atoms with Crippen LogP contribution < -0.4 is 0 Å². The van der Waals surface area contributed by atoms with Gasteiger partial charge in [0.15, 0.2) is 0 Å². The Labute approximate surface area is 169 Å². The van der Waals surface area contributed by atoms with Gasteiger partial charge in [0, 0.05) is 58.5 Å². The highest BCUT2D eigenvalue weighted by molar-refractivity contribution is 5.79. The molecule has 0 aromatic heterocycles. The molecule has 0 saturated carbocycles. The predicted octanol–water partition coefficient (Wildman–Crippen LogP) is 0.890. The number of likely N-dealkylation sites (N-methyl/N-ethyl adjacent to an activating group) is 1. The molecular weight excluding hydrogens is 356 g/mol. The van der Waals surface area contributed by atoms with Gasteiger partial charge in [0.25, 0.3) is 0 Å². The average Bonchev–Trinajstić information content (AvgIpc) is 2.74. The van der Waals surface area contributed by atoms with Gasteiger partial charge in [0.05, 0.1) is 18.9 Å². The summed E-state index contributed by atoms with van der Waals surface area (Å²) < 4.78 is 5.31. The second-order valence-electron chi connectivity index (χ2n) is 8.52. The number of hydrogen-bond acceptors (Lipinski definition) is 5. The van der Waals surface area contributed by atoms with Gasteiger partial charge in [0.2, 0.25) is 11.8 Å². The van der Waals surface area contributed by atoms with E-state index in [-0.39, 0.29) is 11.8 Å². The van der Waals surface area contributed by atoms with Crippen LogP contribution in [0.15, 0.2) is 0 Å². The van der Waals surface area contributed by atoms with Crippen molar-refractivity contribution in [1.29, 1.82) is 0 Å². The molecule has 7 nitrogen and oxygen atoms in total. The van der Waals surface area contributed by atoms with Crippen molar-refractivity contribution < 1.29 is 14.3 Å². The molecule has 28 heavy (non-hydrogen) atoms. The molecule has 0 N–H and O–H groups in total. The Balaban J connectivity index is 1.43. The third kappa shape index (κ3) is 5.67. The van der Waals surface area contributed by atoms with E-state index in [1.165, 1.54) is 0 Å². The third-order valence-electron chi connectivity index (χ3n) is 6.61. The number of carbonyl (C=O) groups excluding carboxylic acids is 2. The highest BCUT2D eigenvalue weighted by Crippen LogP contribution is 2.25. The van der Waals surface area contributed by atoms with Gasteiger partial charge in [-0.3, -0.25) is 14.5 Å². The maximum absolute atomic E-state index is 13.0. The summed E-state index contributed by atoms with van der Waals surface area (Å²) in [6.07, 6.45) is 4.67. The second kappa shape index (κ2) is 10.6. The van der Waals surface area contributed by atoms with Crippen LogP contribution in [0.4, 0.5) is 0 Å². The standard InChI is InChI=1S/C21H38N4O3/c1-3-28-16-8-20(26)23-10-6-19(7-11-23)25-9-4-5-18(17-25)21(27)24-14-12-22(2)13-15-24/h18-19H,3-17H2,1-2H3/t18-/m1/s1. The van der Waals surface area contributed by atoms with E-state index >= 15 is 0 Å². The third-order valence-corrected chi connectivity index (χ3v) is 6.61. The highest BCUT2D eigenvalue weighted by atomic mass is 16.5. The fourth-order valence-corrected chi connectivity index (χ4v) is 4.77. The van der Waals surface area contributed by atoms with Crippen LogP contribution in [-0.2, 0) is 14.3 Å². The monoisotopic (exact) mass is 394 g/mol. The number of carbonyl (C=O) groups is 2. The first-order chi connectivity index (χ1) is 13.6. The summed E-state index contributed by atoms with van der Waals surface area (Å²) in [6, 6.07) is 0.513. The smallest absolute Gasteiger partial charge is 0.227 e. The lowest BCUT2D eigenvalue weighted by Gasteiger charge is -2.43. The number of rotatable bonds is 6. The molecule has 3 rings (SSSR count). The Morgan fingerprint density at radius 1 is 0.929 bits per heavy atom. The molecule has 160 valence electrons. The molecule has 0 aliphatic carbocycles. The zero-order valence-corrected chi connectivity index (χ0v) is 17.8. The van der Waals surface area contributed by atoms with Crippen molar-refractivity contribution in [2.45, 2.75) is 45.1 Å². The maximum Gasteiger partial charge on any atom is 0.227 e. The summed E-state index contributed by atoms with van der Waals surface area (Å²) in [4.78, 5) is 34.1. The highest BCUT2D eigenvalue weighted by Gasteiger charge is 2.34. The summed E-state index contributed by atoms with van der Waals surface area (Å²) in [5.41, 5.74) is 0. The van der Waals surface area contributed by atoms with E-state index in [1.54, 1.807) is 0 Å². The number of hydrogen-bond donors (Lipinski definition) is 0. The van der Waals surface area contributed by atoms with Crippen LogP contribution in [0.1, 0.15) is 39.0 Å². The second-order valence-corrected chi connectivity index (χ2v) is 8.52. The molecule has 0 aromatic carbocycles. The Kier molecular flexibility index (Phi) is 8.11. The number of likely N-dealkylation sites (tertiary alicyclic amines) is 2. The lowest BCUT2D eigenvalue weighted by atomic mass is 9.92. The number of nitrogens with zero attached hydrogens (tertiary/aromatic N) is 4. The largest absolute Gasteiger partial charge is 0.381 e.